The molecule has 0 aromatic heterocycles. The molecular weight excluding hydrogens is 374 g/mol. The molecule has 0 unspecified atom stereocenters. The minimum absolute atomic E-state index is 0.171. The van der Waals surface area contributed by atoms with Crippen molar-refractivity contribution in [2.45, 2.75) is 52.5 Å². The van der Waals surface area contributed by atoms with Crippen LogP contribution in [0.15, 0.2) is 48.5 Å². The molecule has 1 heterocycles. The molecule has 2 amide bonds. The van der Waals surface area contributed by atoms with E-state index in [0.29, 0.717) is 12.0 Å². The lowest BCUT2D eigenvalue weighted by Crippen LogP contribution is -2.45. The number of nitrogens with one attached hydrogen (secondary N) is 2. The van der Waals surface area contributed by atoms with Crippen molar-refractivity contribution in [1.82, 2.24) is 5.32 Å². The Balaban J connectivity index is 1.76. The zero-order chi connectivity index (χ0) is 21.5. The first-order valence-corrected chi connectivity index (χ1v) is 11.0. The van der Waals surface area contributed by atoms with Gasteiger partial charge in [0, 0.05) is 18.7 Å². The van der Waals surface area contributed by atoms with Gasteiger partial charge in [-0.1, -0.05) is 44.2 Å². The maximum absolute atomic E-state index is 13.2. The molecule has 0 saturated carbocycles. The standard InChI is InChI=1S/C25H33N3O2/c1-18(2)17-22(27-24(29)20-12-6-5-11-19(20)3)25(30)26-21-13-7-8-14-23(21)28-15-9-4-10-16-28/h5-8,11-14,18,22H,4,9-10,15-17H2,1-3H3,(H,26,30)(H,27,29)/t22-/m1/s1. The molecule has 160 valence electrons. The molecule has 0 bridgehead atoms. The number of aryl methyl sites for hydroxylation is 1. The number of rotatable bonds is 7. The highest BCUT2D eigenvalue weighted by Crippen LogP contribution is 2.28. The zero-order valence-electron chi connectivity index (χ0n) is 18.3. The smallest absolute Gasteiger partial charge is 0.252 e. The van der Waals surface area contributed by atoms with E-state index in [-0.39, 0.29) is 17.7 Å². The summed E-state index contributed by atoms with van der Waals surface area (Å²) >= 11 is 0. The predicted octanol–water partition coefficient (Wildman–Crippen LogP) is 4.77. The molecule has 0 spiro atoms. The lowest BCUT2D eigenvalue weighted by Gasteiger charge is -2.31. The van der Waals surface area contributed by atoms with Crippen LogP contribution in [0.1, 0.15) is 55.5 Å². The van der Waals surface area contributed by atoms with E-state index in [4.69, 9.17) is 0 Å². The molecule has 2 aromatic carbocycles. The molecule has 3 rings (SSSR count). The monoisotopic (exact) mass is 407 g/mol. The van der Waals surface area contributed by atoms with Crippen LogP contribution in [0.4, 0.5) is 11.4 Å². The van der Waals surface area contributed by atoms with Gasteiger partial charge >= 0.3 is 0 Å². The van der Waals surface area contributed by atoms with Crippen molar-refractivity contribution in [2.75, 3.05) is 23.3 Å². The summed E-state index contributed by atoms with van der Waals surface area (Å²) in [6.07, 6.45) is 4.18. The van der Waals surface area contributed by atoms with Crippen molar-refractivity contribution < 1.29 is 9.59 Å². The third-order valence-corrected chi connectivity index (χ3v) is 5.58. The van der Waals surface area contributed by atoms with Gasteiger partial charge in [-0.05, 0) is 62.3 Å². The highest BCUT2D eigenvalue weighted by molar-refractivity contribution is 6.03. The van der Waals surface area contributed by atoms with E-state index in [1.54, 1.807) is 6.07 Å². The molecule has 2 N–H and O–H groups in total. The van der Waals surface area contributed by atoms with Gasteiger partial charge in [-0.25, -0.2) is 0 Å². The van der Waals surface area contributed by atoms with E-state index in [1.165, 1.54) is 19.3 Å². The first-order valence-electron chi connectivity index (χ1n) is 11.0. The fourth-order valence-corrected chi connectivity index (χ4v) is 3.98. The maximum atomic E-state index is 13.2. The van der Waals surface area contributed by atoms with E-state index in [9.17, 15) is 9.59 Å². The molecule has 1 atom stereocenters. The van der Waals surface area contributed by atoms with Crippen molar-refractivity contribution in [3.8, 4) is 0 Å². The summed E-state index contributed by atoms with van der Waals surface area (Å²) in [6, 6.07) is 14.8. The molecule has 1 saturated heterocycles. The Morgan fingerprint density at radius 1 is 0.967 bits per heavy atom. The largest absolute Gasteiger partial charge is 0.370 e. The van der Waals surface area contributed by atoms with Gasteiger partial charge < -0.3 is 15.5 Å². The minimum Gasteiger partial charge on any atom is -0.370 e. The van der Waals surface area contributed by atoms with Crippen molar-refractivity contribution in [1.29, 1.82) is 0 Å². The second-order valence-electron chi connectivity index (χ2n) is 8.52. The highest BCUT2D eigenvalue weighted by atomic mass is 16.2. The second kappa shape index (κ2) is 10.3. The molecule has 30 heavy (non-hydrogen) atoms. The highest BCUT2D eigenvalue weighted by Gasteiger charge is 2.24. The summed E-state index contributed by atoms with van der Waals surface area (Å²) in [5, 5.41) is 6.05. The first kappa shape index (κ1) is 21.9. The summed E-state index contributed by atoms with van der Waals surface area (Å²) in [7, 11) is 0. The minimum atomic E-state index is -0.591. The van der Waals surface area contributed by atoms with Gasteiger partial charge in [0.25, 0.3) is 5.91 Å². The van der Waals surface area contributed by atoms with Crippen molar-refractivity contribution in [3.63, 3.8) is 0 Å². The summed E-state index contributed by atoms with van der Waals surface area (Å²) in [5.74, 6) is -0.108. The van der Waals surface area contributed by atoms with Crippen LogP contribution < -0.4 is 15.5 Å². The Kier molecular flexibility index (Phi) is 7.50. The van der Waals surface area contributed by atoms with Gasteiger partial charge in [-0.2, -0.15) is 0 Å². The molecule has 1 aliphatic rings. The van der Waals surface area contributed by atoms with E-state index in [1.807, 2.05) is 43.3 Å². The van der Waals surface area contributed by atoms with Crippen LogP contribution in [0.25, 0.3) is 0 Å². The number of amides is 2. The summed E-state index contributed by atoms with van der Waals surface area (Å²) in [5.41, 5.74) is 3.37. The SMILES string of the molecule is Cc1ccccc1C(=O)N[C@H](CC(C)C)C(=O)Nc1ccccc1N1CCCCC1. The Bertz CT molecular complexity index is 872. The number of hydrogen-bond acceptors (Lipinski definition) is 3. The van der Waals surface area contributed by atoms with E-state index in [2.05, 4.69) is 35.4 Å². The molecule has 1 aliphatic heterocycles. The number of carbonyl (C=O) groups excluding carboxylic acids is 2. The quantitative estimate of drug-likeness (QED) is 0.695. The van der Waals surface area contributed by atoms with Crippen LogP contribution in [-0.2, 0) is 4.79 Å². The van der Waals surface area contributed by atoms with E-state index >= 15 is 0 Å². The third-order valence-electron chi connectivity index (χ3n) is 5.58. The normalized spacial score (nSPS) is 15.0. The van der Waals surface area contributed by atoms with Crippen molar-refractivity contribution in [3.05, 3.63) is 59.7 Å². The van der Waals surface area contributed by atoms with Crippen LogP contribution in [0.3, 0.4) is 0 Å². The zero-order valence-corrected chi connectivity index (χ0v) is 18.3. The van der Waals surface area contributed by atoms with E-state index < -0.39 is 6.04 Å². The van der Waals surface area contributed by atoms with Gasteiger partial charge in [-0.15, -0.1) is 0 Å². The Morgan fingerprint density at radius 2 is 1.63 bits per heavy atom. The third kappa shape index (κ3) is 5.62. The topological polar surface area (TPSA) is 61.4 Å². The van der Waals surface area contributed by atoms with Crippen molar-refractivity contribution in [2.24, 2.45) is 5.92 Å². The number of anilines is 2. The molecule has 5 nitrogen and oxygen atoms in total. The summed E-state index contributed by atoms with van der Waals surface area (Å²) < 4.78 is 0. The van der Waals surface area contributed by atoms with Crippen LogP contribution in [0.2, 0.25) is 0 Å². The van der Waals surface area contributed by atoms with Gasteiger partial charge in [0.1, 0.15) is 6.04 Å². The average Bonchev–Trinajstić information content (AvgIpc) is 2.74. The van der Waals surface area contributed by atoms with Crippen LogP contribution in [0, 0.1) is 12.8 Å². The van der Waals surface area contributed by atoms with Gasteiger partial charge in [-0.3, -0.25) is 9.59 Å². The van der Waals surface area contributed by atoms with E-state index in [0.717, 1.165) is 30.0 Å². The van der Waals surface area contributed by atoms with Crippen LogP contribution >= 0.6 is 0 Å². The van der Waals surface area contributed by atoms with Crippen molar-refractivity contribution >= 4 is 23.2 Å². The predicted molar refractivity (Wildman–Crippen MR) is 123 cm³/mol. The fraction of sp³-hybridized carbons (Fsp3) is 0.440. The average molecular weight is 408 g/mol. The summed E-state index contributed by atoms with van der Waals surface area (Å²) in [6.45, 7) is 8.03. The van der Waals surface area contributed by atoms with Gasteiger partial charge in [0.05, 0.1) is 11.4 Å². The number of benzene rings is 2. The fourth-order valence-electron chi connectivity index (χ4n) is 3.98. The Hall–Kier alpha value is -2.82. The number of carbonyl (C=O) groups is 2. The molecular formula is C25H33N3O2. The lowest BCUT2D eigenvalue weighted by molar-refractivity contribution is -0.118. The van der Waals surface area contributed by atoms with Gasteiger partial charge in [0.15, 0.2) is 0 Å². The molecule has 5 heteroatoms. The molecule has 0 aliphatic carbocycles. The number of para-hydroxylation sites is 2. The number of piperidine rings is 1. The first-order chi connectivity index (χ1) is 14.5. The molecule has 1 fully saturated rings. The molecule has 0 radical (unpaired) electrons. The summed E-state index contributed by atoms with van der Waals surface area (Å²) in [4.78, 5) is 28.4. The van der Waals surface area contributed by atoms with Gasteiger partial charge in [0.2, 0.25) is 5.91 Å². The molecule has 2 aromatic rings. The van der Waals surface area contributed by atoms with Crippen LogP contribution in [-0.4, -0.2) is 30.9 Å². The maximum Gasteiger partial charge on any atom is 0.252 e. The Morgan fingerprint density at radius 3 is 2.33 bits per heavy atom. The second-order valence-corrected chi connectivity index (χ2v) is 8.52. The number of hydrogen-bond donors (Lipinski definition) is 2. The lowest BCUT2D eigenvalue weighted by atomic mass is 10.0. The number of nitrogens with zero attached hydrogens (tertiary/aromatic N) is 1. The van der Waals surface area contributed by atoms with Crippen LogP contribution in [0.5, 0.6) is 0 Å². The Labute approximate surface area is 179 Å².